The number of H-pyrrole nitrogens is 1. The number of carbonyl (C=O) groups excluding carboxylic acids is 1. The van der Waals surface area contributed by atoms with Crippen LogP contribution in [-0.4, -0.2) is 29.2 Å². The van der Waals surface area contributed by atoms with E-state index in [1.54, 1.807) is 6.20 Å². The molecule has 156 valence electrons. The maximum absolute atomic E-state index is 12.9. The van der Waals surface area contributed by atoms with Crippen LogP contribution in [0.25, 0.3) is 10.9 Å². The Morgan fingerprint density at radius 3 is 2.84 bits per heavy atom. The van der Waals surface area contributed by atoms with Crippen molar-refractivity contribution in [2.75, 3.05) is 13.3 Å². The van der Waals surface area contributed by atoms with Crippen LogP contribution in [0.2, 0.25) is 0 Å². The fraction of sp³-hybridized carbons (Fsp3) is 0.200. The number of fused-ring (bicyclic) bond motifs is 2. The van der Waals surface area contributed by atoms with E-state index in [2.05, 4.69) is 21.4 Å². The Balaban J connectivity index is 1.38. The van der Waals surface area contributed by atoms with Crippen LogP contribution in [0.1, 0.15) is 29.2 Å². The summed E-state index contributed by atoms with van der Waals surface area (Å²) >= 11 is 0. The number of amides is 1. The smallest absolute Gasteiger partial charge is 0.231 e. The highest BCUT2D eigenvalue weighted by molar-refractivity contribution is 5.86. The molecule has 3 heterocycles. The number of ether oxygens (including phenoxy) is 2. The molecular formula is C25H23N3O3. The molecule has 0 fully saturated rings. The fourth-order valence-corrected chi connectivity index (χ4v) is 4.05. The zero-order chi connectivity index (χ0) is 21.0. The predicted octanol–water partition coefficient (Wildman–Crippen LogP) is 4.17. The summed E-state index contributed by atoms with van der Waals surface area (Å²) in [6, 6.07) is 19.9. The maximum Gasteiger partial charge on any atom is 0.231 e. The van der Waals surface area contributed by atoms with Gasteiger partial charge < -0.3 is 19.8 Å². The Morgan fingerprint density at radius 2 is 1.94 bits per heavy atom. The summed E-state index contributed by atoms with van der Waals surface area (Å²) in [6.07, 6.45) is 4.81. The zero-order valence-corrected chi connectivity index (χ0v) is 17.0. The summed E-state index contributed by atoms with van der Waals surface area (Å²) in [5.74, 6) is 1.35. The molecule has 31 heavy (non-hydrogen) atoms. The Hall–Kier alpha value is -3.80. The van der Waals surface area contributed by atoms with E-state index in [0.717, 1.165) is 39.2 Å². The summed E-state index contributed by atoms with van der Waals surface area (Å²) in [7, 11) is 0. The van der Waals surface area contributed by atoms with Crippen LogP contribution in [-0.2, 0) is 11.2 Å². The second-order valence-corrected chi connectivity index (χ2v) is 7.58. The lowest BCUT2D eigenvalue weighted by atomic mass is 9.87. The van der Waals surface area contributed by atoms with Crippen LogP contribution in [0.15, 0.2) is 73.1 Å². The monoisotopic (exact) mass is 413 g/mol. The van der Waals surface area contributed by atoms with Crippen molar-refractivity contribution in [2.24, 2.45) is 0 Å². The second-order valence-electron chi connectivity index (χ2n) is 7.58. The number of para-hydroxylation sites is 1. The molecule has 2 N–H and O–H groups in total. The lowest BCUT2D eigenvalue weighted by Gasteiger charge is -2.18. The molecular weight excluding hydrogens is 390 g/mol. The van der Waals surface area contributed by atoms with Gasteiger partial charge in [-0.3, -0.25) is 9.78 Å². The number of aromatic nitrogens is 2. The Kier molecular flexibility index (Phi) is 5.27. The number of hydrogen-bond acceptors (Lipinski definition) is 4. The van der Waals surface area contributed by atoms with Gasteiger partial charge >= 0.3 is 0 Å². The van der Waals surface area contributed by atoms with Crippen molar-refractivity contribution in [1.29, 1.82) is 0 Å². The van der Waals surface area contributed by atoms with Crippen LogP contribution in [0.5, 0.6) is 11.5 Å². The van der Waals surface area contributed by atoms with Gasteiger partial charge in [0.25, 0.3) is 0 Å². The first-order valence-electron chi connectivity index (χ1n) is 10.4. The number of rotatable bonds is 7. The topological polar surface area (TPSA) is 76.2 Å². The van der Waals surface area contributed by atoms with Crippen molar-refractivity contribution >= 4 is 16.8 Å². The third-order valence-electron chi connectivity index (χ3n) is 5.61. The van der Waals surface area contributed by atoms with Gasteiger partial charge in [0.1, 0.15) is 0 Å². The van der Waals surface area contributed by atoms with E-state index in [1.165, 1.54) is 0 Å². The summed E-state index contributed by atoms with van der Waals surface area (Å²) in [4.78, 5) is 20.5. The molecule has 4 aromatic rings. The van der Waals surface area contributed by atoms with Gasteiger partial charge in [0.05, 0.1) is 0 Å². The van der Waals surface area contributed by atoms with Crippen molar-refractivity contribution in [3.8, 4) is 11.5 Å². The van der Waals surface area contributed by atoms with Crippen molar-refractivity contribution < 1.29 is 14.3 Å². The van der Waals surface area contributed by atoms with E-state index in [-0.39, 0.29) is 18.6 Å². The van der Waals surface area contributed by atoms with Gasteiger partial charge in [-0.2, -0.15) is 0 Å². The Labute approximate surface area is 180 Å². The first kappa shape index (κ1) is 19.2. The third kappa shape index (κ3) is 4.10. The molecule has 1 atom stereocenters. The highest BCUT2D eigenvalue weighted by Crippen LogP contribution is 2.39. The van der Waals surface area contributed by atoms with Gasteiger partial charge in [-0.05, 0) is 41.5 Å². The predicted molar refractivity (Wildman–Crippen MR) is 118 cm³/mol. The molecule has 0 saturated heterocycles. The van der Waals surface area contributed by atoms with E-state index < -0.39 is 0 Å². The minimum atomic E-state index is -0.111. The molecule has 0 radical (unpaired) electrons. The van der Waals surface area contributed by atoms with E-state index >= 15 is 0 Å². The Morgan fingerprint density at radius 1 is 1.06 bits per heavy atom. The SMILES string of the molecule is O=C(CC(c1ccc2c(c1)OCO2)c1c[nH]c2ccccc12)NCCc1ccccn1. The van der Waals surface area contributed by atoms with Crippen LogP contribution in [0.3, 0.4) is 0 Å². The maximum atomic E-state index is 12.9. The molecule has 6 nitrogen and oxygen atoms in total. The highest BCUT2D eigenvalue weighted by atomic mass is 16.7. The van der Waals surface area contributed by atoms with Gasteiger partial charge in [0, 0.05) is 54.3 Å². The molecule has 2 aromatic heterocycles. The summed E-state index contributed by atoms with van der Waals surface area (Å²) in [5, 5.41) is 4.17. The van der Waals surface area contributed by atoms with Crippen LogP contribution in [0, 0.1) is 0 Å². The molecule has 6 heteroatoms. The number of hydrogen-bond donors (Lipinski definition) is 2. The van der Waals surface area contributed by atoms with Crippen molar-refractivity contribution in [3.05, 3.63) is 89.9 Å². The van der Waals surface area contributed by atoms with E-state index in [1.807, 2.05) is 60.8 Å². The van der Waals surface area contributed by atoms with Gasteiger partial charge in [-0.25, -0.2) is 0 Å². The van der Waals surface area contributed by atoms with Crippen molar-refractivity contribution in [3.63, 3.8) is 0 Å². The molecule has 1 unspecified atom stereocenters. The molecule has 0 aliphatic carbocycles. The minimum Gasteiger partial charge on any atom is -0.454 e. The number of nitrogens with zero attached hydrogens (tertiary/aromatic N) is 1. The second kappa shape index (κ2) is 8.52. The quantitative estimate of drug-likeness (QED) is 0.477. The molecule has 0 bridgehead atoms. The normalized spacial score (nSPS) is 13.3. The van der Waals surface area contributed by atoms with Crippen molar-refractivity contribution in [2.45, 2.75) is 18.8 Å². The number of pyridine rings is 1. The van der Waals surface area contributed by atoms with E-state index in [9.17, 15) is 4.79 Å². The number of benzene rings is 2. The van der Waals surface area contributed by atoms with Crippen LogP contribution in [0.4, 0.5) is 0 Å². The highest BCUT2D eigenvalue weighted by Gasteiger charge is 2.24. The van der Waals surface area contributed by atoms with Crippen LogP contribution < -0.4 is 14.8 Å². The standard InChI is InChI=1S/C25H23N3O3/c29-25(27-12-10-18-5-3-4-11-26-18)14-20(17-8-9-23-24(13-17)31-16-30-23)21-15-28-22-7-2-1-6-19(21)22/h1-9,11,13,15,20,28H,10,12,14,16H2,(H,27,29). The fourth-order valence-electron chi connectivity index (χ4n) is 4.05. The summed E-state index contributed by atoms with van der Waals surface area (Å²) in [6.45, 7) is 0.780. The first-order chi connectivity index (χ1) is 15.3. The molecule has 5 rings (SSSR count). The van der Waals surface area contributed by atoms with E-state index in [4.69, 9.17) is 9.47 Å². The first-order valence-corrected chi connectivity index (χ1v) is 10.4. The number of aromatic amines is 1. The minimum absolute atomic E-state index is 0.00359. The molecule has 0 saturated carbocycles. The molecule has 1 aliphatic heterocycles. The van der Waals surface area contributed by atoms with Gasteiger partial charge in [-0.15, -0.1) is 0 Å². The average molecular weight is 413 g/mol. The lowest BCUT2D eigenvalue weighted by Crippen LogP contribution is -2.27. The summed E-state index contributed by atoms with van der Waals surface area (Å²) < 4.78 is 11.0. The average Bonchev–Trinajstić information content (AvgIpc) is 3.45. The third-order valence-corrected chi connectivity index (χ3v) is 5.61. The molecule has 1 aliphatic rings. The van der Waals surface area contributed by atoms with Gasteiger partial charge in [0.15, 0.2) is 11.5 Å². The Bertz CT molecular complexity index is 1200. The molecule has 2 aromatic carbocycles. The van der Waals surface area contributed by atoms with Gasteiger partial charge in [-0.1, -0.05) is 30.3 Å². The number of carbonyl (C=O) groups is 1. The number of nitrogens with one attached hydrogen (secondary N) is 2. The van der Waals surface area contributed by atoms with Gasteiger partial charge in [0.2, 0.25) is 12.7 Å². The molecule has 1 amide bonds. The largest absolute Gasteiger partial charge is 0.454 e. The van der Waals surface area contributed by atoms with Crippen molar-refractivity contribution in [1.82, 2.24) is 15.3 Å². The zero-order valence-electron chi connectivity index (χ0n) is 17.0. The van der Waals surface area contributed by atoms with E-state index in [0.29, 0.717) is 19.4 Å². The lowest BCUT2D eigenvalue weighted by molar-refractivity contribution is -0.121. The molecule has 0 spiro atoms. The summed E-state index contributed by atoms with van der Waals surface area (Å²) in [5.41, 5.74) is 4.13. The van der Waals surface area contributed by atoms with Crippen LogP contribution >= 0.6 is 0 Å².